The Labute approximate surface area is 151 Å². The molecule has 4 heteroatoms. The Morgan fingerprint density at radius 1 is 1.16 bits per heavy atom. The molecule has 1 fully saturated rings. The summed E-state index contributed by atoms with van der Waals surface area (Å²) >= 11 is 0. The van der Waals surface area contributed by atoms with Gasteiger partial charge in [0.2, 0.25) is 0 Å². The van der Waals surface area contributed by atoms with Crippen LogP contribution in [0.3, 0.4) is 0 Å². The van der Waals surface area contributed by atoms with Gasteiger partial charge in [0.15, 0.2) is 5.60 Å². The molecular weight excluding hydrogens is 312 g/mol. The van der Waals surface area contributed by atoms with Crippen LogP contribution in [0, 0.1) is 6.92 Å². The third-order valence-electron chi connectivity index (χ3n) is 4.41. The highest BCUT2D eigenvalue weighted by molar-refractivity contribution is 5.42. The van der Waals surface area contributed by atoms with Gasteiger partial charge in [-0.25, -0.2) is 0 Å². The zero-order chi connectivity index (χ0) is 18.3. The van der Waals surface area contributed by atoms with Crippen molar-refractivity contribution >= 4 is 5.69 Å². The molecule has 1 saturated heterocycles. The van der Waals surface area contributed by atoms with Crippen LogP contribution in [0.4, 0.5) is 5.69 Å². The van der Waals surface area contributed by atoms with Crippen molar-refractivity contribution in [1.82, 2.24) is 4.98 Å². The summed E-state index contributed by atoms with van der Waals surface area (Å²) < 4.78 is 12.0. The molecule has 0 atom stereocenters. The van der Waals surface area contributed by atoms with Gasteiger partial charge in [0.1, 0.15) is 5.75 Å². The van der Waals surface area contributed by atoms with Crippen LogP contribution < -0.4 is 10.5 Å². The fourth-order valence-corrected chi connectivity index (χ4v) is 3.16. The number of nitrogens with two attached hydrogens (primary N) is 1. The number of nitrogen functional groups attached to an aromatic ring is 1. The minimum absolute atomic E-state index is 0.423. The number of hydrogen-bond acceptors (Lipinski definition) is 4. The predicted molar refractivity (Wildman–Crippen MR) is 103 cm³/mol. The van der Waals surface area contributed by atoms with Crippen LogP contribution in [0.25, 0.3) is 0 Å². The van der Waals surface area contributed by atoms with E-state index in [1.807, 2.05) is 44.3 Å². The summed E-state index contributed by atoms with van der Waals surface area (Å²) in [6.45, 7) is 9.62. The number of benzene rings is 1. The predicted octanol–water partition coefficient (Wildman–Crippen LogP) is 4.65. The Balaban J connectivity index is 0.00000109. The van der Waals surface area contributed by atoms with Gasteiger partial charge in [-0.05, 0) is 48.7 Å². The van der Waals surface area contributed by atoms with Crippen molar-refractivity contribution in [2.45, 2.75) is 52.6 Å². The summed E-state index contributed by atoms with van der Waals surface area (Å²) in [6, 6.07) is 9.79. The third-order valence-corrected chi connectivity index (χ3v) is 4.41. The van der Waals surface area contributed by atoms with E-state index in [2.05, 4.69) is 19.9 Å². The second kappa shape index (κ2) is 8.86. The third kappa shape index (κ3) is 4.51. The Morgan fingerprint density at radius 2 is 1.80 bits per heavy atom. The molecule has 1 aliphatic heterocycles. The SMILES string of the molecule is CC.CCc1cc(C)cnc1C1(Oc2ccc(N)cc2)CCOCC1. The maximum Gasteiger partial charge on any atom is 0.155 e. The molecule has 2 aromatic rings. The number of rotatable bonds is 4. The molecule has 0 amide bonds. The summed E-state index contributed by atoms with van der Waals surface area (Å²) in [5.41, 5.74) is 9.57. The Bertz CT molecular complexity index is 662. The monoisotopic (exact) mass is 342 g/mol. The van der Waals surface area contributed by atoms with E-state index in [-0.39, 0.29) is 0 Å². The van der Waals surface area contributed by atoms with Crippen molar-refractivity contribution in [2.24, 2.45) is 0 Å². The van der Waals surface area contributed by atoms with E-state index in [0.29, 0.717) is 13.2 Å². The lowest BCUT2D eigenvalue weighted by Gasteiger charge is -2.38. The van der Waals surface area contributed by atoms with Crippen LogP contribution in [0.5, 0.6) is 5.75 Å². The van der Waals surface area contributed by atoms with Crippen LogP contribution in [0.2, 0.25) is 0 Å². The highest BCUT2D eigenvalue weighted by Crippen LogP contribution is 2.38. The molecule has 1 aliphatic rings. The average molecular weight is 342 g/mol. The van der Waals surface area contributed by atoms with Gasteiger partial charge in [0.25, 0.3) is 0 Å². The van der Waals surface area contributed by atoms with Gasteiger partial charge in [-0.15, -0.1) is 0 Å². The van der Waals surface area contributed by atoms with Crippen molar-refractivity contribution in [3.63, 3.8) is 0 Å². The summed E-state index contributed by atoms with van der Waals surface area (Å²) in [4.78, 5) is 4.75. The number of ether oxygens (including phenoxy) is 2. The van der Waals surface area contributed by atoms with Crippen LogP contribution in [0.1, 0.15) is 50.4 Å². The number of anilines is 1. The van der Waals surface area contributed by atoms with E-state index in [1.165, 1.54) is 11.1 Å². The van der Waals surface area contributed by atoms with E-state index in [0.717, 1.165) is 36.4 Å². The van der Waals surface area contributed by atoms with Crippen molar-refractivity contribution < 1.29 is 9.47 Å². The summed E-state index contributed by atoms with van der Waals surface area (Å²) in [5, 5.41) is 0. The van der Waals surface area contributed by atoms with Gasteiger partial charge in [-0.1, -0.05) is 26.8 Å². The molecule has 3 rings (SSSR count). The summed E-state index contributed by atoms with van der Waals surface area (Å²) in [5.74, 6) is 0.825. The Kier molecular flexibility index (Phi) is 6.82. The maximum atomic E-state index is 6.47. The molecule has 0 saturated carbocycles. The zero-order valence-electron chi connectivity index (χ0n) is 15.8. The van der Waals surface area contributed by atoms with Gasteiger partial charge in [0, 0.05) is 24.7 Å². The highest BCUT2D eigenvalue weighted by atomic mass is 16.5. The standard InChI is InChI=1S/C19H24N2O2.C2H6/c1-3-15-12-14(2)13-21-18(15)19(8-10-22-11-9-19)23-17-6-4-16(20)5-7-17;1-2/h4-7,12-13H,3,8-11,20H2,1-2H3;1-2H3. The number of aromatic nitrogens is 1. The van der Waals surface area contributed by atoms with Crippen LogP contribution in [-0.2, 0) is 16.8 Å². The van der Waals surface area contributed by atoms with E-state index in [9.17, 15) is 0 Å². The molecule has 2 N–H and O–H groups in total. The molecular formula is C21H30N2O2. The van der Waals surface area contributed by atoms with Crippen molar-refractivity contribution in [3.05, 3.63) is 53.3 Å². The largest absolute Gasteiger partial charge is 0.481 e. The maximum absolute atomic E-state index is 6.47. The van der Waals surface area contributed by atoms with E-state index in [4.69, 9.17) is 20.2 Å². The smallest absolute Gasteiger partial charge is 0.155 e. The molecule has 0 radical (unpaired) electrons. The number of aryl methyl sites for hydroxylation is 2. The molecule has 0 bridgehead atoms. The Hall–Kier alpha value is -2.07. The summed E-state index contributed by atoms with van der Waals surface area (Å²) in [7, 11) is 0. The van der Waals surface area contributed by atoms with Gasteiger partial charge >= 0.3 is 0 Å². The van der Waals surface area contributed by atoms with E-state index < -0.39 is 5.60 Å². The first-order valence-electron chi connectivity index (χ1n) is 9.21. The second-order valence-electron chi connectivity index (χ2n) is 6.15. The van der Waals surface area contributed by atoms with Crippen molar-refractivity contribution in [3.8, 4) is 5.75 Å². The Morgan fingerprint density at radius 3 is 2.40 bits per heavy atom. The highest BCUT2D eigenvalue weighted by Gasteiger charge is 2.39. The average Bonchev–Trinajstić information content (AvgIpc) is 2.66. The minimum Gasteiger partial charge on any atom is -0.481 e. The van der Waals surface area contributed by atoms with E-state index in [1.54, 1.807) is 0 Å². The van der Waals surface area contributed by atoms with Crippen LogP contribution in [-0.4, -0.2) is 18.2 Å². The van der Waals surface area contributed by atoms with Gasteiger partial charge < -0.3 is 15.2 Å². The van der Waals surface area contributed by atoms with Gasteiger partial charge in [0.05, 0.1) is 18.9 Å². The van der Waals surface area contributed by atoms with E-state index >= 15 is 0 Å². The zero-order valence-corrected chi connectivity index (χ0v) is 15.8. The number of pyridine rings is 1. The van der Waals surface area contributed by atoms with Gasteiger partial charge in [-0.2, -0.15) is 0 Å². The topological polar surface area (TPSA) is 57.4 Å². The lowest BCUT2D eigenvalue weighted by Crippen LogP contribution is -2.41. The lowest BCUT2D eigenvalue weighted by molar-refractivity contribution is -0.0531. The van der Waals surface area contributed by atoms with Crippen molar-refractivity contribution in [1.29, 1.82) is 0 Å². The molecule has 0 aliphatic carbocycles. The minimum atomic E-state index is -0.423. The lowest BCUT2D eigenvalue weighted by atomic mass is 9.86. The molecule has 0 spiro atoms. The first-order valence-corrected chi connectivity index (χ1v) is 9.21. The van der Waals surface area contributed by atoms with Gasteiger partial charge in [-0.3, -0.25) is 4.98 Å². The number of nitrogens with zero attached hydrogens (tertiary/aromatic N) is 1. The van der Waals surface area contributed by atoms with Crippen LogP contribution in [0.15, 0.2) is 36.5 Å². The molecule has 0 unspecified atom stereocenters. The second-order valence-corrected chi connectivity index (χ2v) is 6.15. The molecule has 1 aromatic carbocycles. The first kappa shape index (κ1) is 19.3. The number of hydrogen-bond donors (Lipinski definition) is 1. The summed E-state index contributed by atoms with van der Waals surface area (Å²) in [6.07, 6.45) is 4.48. The fraction of sp³-hybridized carbons (Fsp3) is 0.476. The van der Waals surface area contributed by atoms with Crippen LogP contribution >= 0.6 is 0 Å². The normalized spacial score (nSPS) is 15.8. The fourth-order valence-electron chi connectivity index (χ4n) is 3.16. The first-order chi connectivity index (χ1) is 12.1. The quantitative estimate of drug-likeness (QED) is 0.822. The molecule has 1 aromatic heterocycles. The van der Waals surface area contributed by atoms with Crippen molar-refractivity contribution in [2.75, 3.05) is 18.9 Å². The molecule has 136 valence electrons. The molecule has 25 heavy (non-hydrogen) atoms. The molecule has 2 heterocycles. The molecule has 4 nitrogen and oxygen atoms in total.